The van der Waals surface area contributed by atoms with E-state index >= 15 is 0 Å². The van der Waals surface area contributed by atoms with E-state index in [-0.39, 0.29) is 25.0 Å². The molecule has 1 aliphatic carbocycles. The highest BCUT2D eigenvalue weighted by Gasteiger charge is 2.45. The summed E-state index contributed by atoms with van der Waals surface area (Å²) in [6.07, 6.45) is -3.14. The minimum Gasteiger partial charge on any atom is -0.454 e. The summed E-state index contributed by atoms with van der Waals surface area (Å²) in [7, 11) is 0. The SMILES string of the molecule is CC(C)(CNC(=O)C(=O)Nc1ccc(-c2cscn2)cc1)CNC(=O)c1ccc(Nc2nc(NC3(c4ccc(Cl)cc4)CC3)nc(OCC(F)(F)F)n2)cc1. The number of ether oxygens (including phenoxy) is 1. The number of thiazole rings is 1. The van der Waals surface area contributed by atoms with Crippen LogP contribution in [-0.4, -0.2) is 63.5 Å². The van der Waals surface area contributed by atoms with Crippen molar-refractivity contribution in [1.29, 1.82) is 0 Å². The molecule has 13 nitrogen and oxygen atoms in total. The molecule has 6 rings (SSSR count). The number of halogens is 4. The molecule has 3 aromatic carbocycles. The summed E-state index contributed by atoms with van der Waals surface area (Å²) in [6, 6.07) is 19.9. The molecular weight excluding hydrogens is 759 g/mol. The van der Waals surface area contributed by atoms with Gasteiger partial charge in [-0.1, -0.05) is 49.7 Å². The van der Waals surface area contributed by atoms with E-state index in [0.717, 1.165) is 29.7 Å². The third kappa shape index (κ3) is 10.9. The molecular formula is C37H35ClF3N9O4S. The Balaban J connectivity index is 1.01. The average Bonchev–Trinajstić information content (AvgIpc) is 3.71. The number of carbonyl (C=O) groups is 3. The molecule has 286 valence electrons. The zero-order valence-corrected chi connectivity index (χ0v) is 31.0. The number of alkyl halides is 3. The van der Waals surface area contributed by atoms with E-state index in [4.69, 9.17) is 16.3 Å². The highest BCUT2D eigenvalue weighted by Crippen LogP contribution is 2.48. The van der Waals surface area contributed by atoms with Crippen LogP contribution in [-0.2, 0) is 15.1 Å². The van der Waals surface area contributed by atoms with Gasteiger partial charge in [0, 0.05) is 46.0 Å². The lowest BCUT2D eigenvalue weighted by molar-refractivity contribution is -0.154. The molecule has 0 unspecified atom stereocenters. The van der Waals surface area contributed by atoms with Crippen molar-refractivity contribution in [3.63, 3.8) is 0 Å². The van der Waals surface area contributed by atoms with E-state index in [0.29, 0.717) is 22.0 Å². The van der Waals surface area contributed by atoms with E-state index in [2.05, 4.69) is 46.5 Å². The molecule has 2 aromatic heterocycles. The topological polar surface area (TPSA) is 172 Å². The maximum Gasteiger partial charge on any atom is 0.422 e. The number of amides is 3. The summed E-state index contributed by atoms with van der Waals surface area (Å²) in [6.45, 7) is 2.32. The van der Waals surface area contributed by atoms with Crippen molar-refractivity contribution >= 4 is 63.9 Å². The fourth-order valence-corrected chi connectivity index (χ4v) is 5.95. The number of nitrogens with one attached hydrogen (secondary N) is 5. The van der Waals surface area contributed by atoms with Gasteiger partial charge in [0.05, 0.1) is 16.7 Å². The Morgan fingerprint density at radius 1 is 0.836 bits per heavy atom. The predicted molar refractivity (Wildman–Crippen MR) is 202 cm³/mol. The number of hydrogen-bond acceptors (Lipinski definition) is 11. The third-order valence-corrected chi connectivity index (χ3v) is 9.25. The van der Waals surface area contributed by atoms with Gasteiger partial charge in [-0.3, -0.25) is 14.4 Å². The highest BCUT2D eigenvalue weighted by atomic mass is 35.5. The summed E-state index contributed by atoms with van der Waals surface area (Å²) in [4.78, 5) is 54.7. The van der Waals surface area contributed by atoms with Gasteiger partial charge in [0.15, 0.2) is 6.61 Å². The van der Waals surface area contributed by atoms with Crippen LogP contribution in [0, 0.1) is 5.41 Å². The lowest BCUT2D eigenvalue weighted by Gasteiger charge is -2.25. The number of carbonyl (C=O) groups excluding carboxylic acids is 3. The van der Waals surface area contributed by atoms with Crippen LogP contribution in [0.3, 0.4) is 0 Å². The molecule has 1 fully saturated rings. The zero-order valence-electron chi connectivity index (χ0n) is 29.5. The number of benzene rings is 3. The van der Waals surface area contributed by atoms with Gasteiger partial charge in [0.25, 0.3) is 5.91 Å². The quantitative estimate of drug-likeness (QED) is 0.0742. The van der Waals surface area contributed by atoms with Crippen molar-refractivity contribution in [2.75, 3.05) is 35.6 Å². The molecule has 0 aliphatic heterocycles. The van der Waals surface area contributed by atoms with Gasteiger partial charge in [-0.15, -0.1) is 11.3 Å². The van der Waals surface area contributed by atoms with Gasteiger partial charge < -0.3 is 31.3 Å². The van der Waals surface area contributed by atoms with Gasteiger partial charge in [0.1, 0.15) is 0 Å². The number of hydrogen-bond donors (Lipinski definition) is 5. The molecule has 0 atom stereocenters. The first-order valence-corrected chi connectivity index (χ1v) is 18.2. The molecule has 55 heavy (non-hydrogen) atoms. The summed E-state index contributed by atoms with van der Waals surface area (Å²) >= 11 is 7.51. The average molecular weight is 794 g/mol. The van der Waals surface area contributed by atoms with Crippen molar-refractivity contribution in [3.05, 3.63) is 99.8 Å². The first-order chi connectivity index (χ1) is 26.2. The van der Waals surface area contributed by atoms with Crippen molar-refractivity contribution in [2.45, 2.75) is 38.4 Å². The summed E-state index contributed by atoms with van der Waals surface area (Å²) in [5.74, 6) is -2.11. The number of rotatable bonds is 14. The van der Waals surface area contributed by atoms with Crippen molar-refractivity contribution < 1.29 is 32.3 Å². The molecule has 0 bridgehead atoms. The molecule has 5 N–H and O–H groups in total. The lowest BCUT2D eigenvalue weighted by Crippen LogP contribution is -2.44. The van der Waals surface area contributed by atoms with Crippen LogP contribution in [0.1, 0.15) is 42.6 Å². The lowest BCUT2D eigenvalue weighted by atomic mass is 9.93. The standard InChI is InChI=1S/C37H35ClF3N9O4S/c1-35(2,19-43-30(52)31(53)45-26-11-3-22(4-12-26)28-17-55-21-44-28)18-42-29(51)23-5-13-27(14-6-23)46-32-47-33(49-34(48-32)54-20-37(39,40)41)50-36(15-16-36)24-7-9-25(38)10-8-24/h3-14,17,21H,15-16,18-20H2,1-2H3,(H,42,51)(H,43,52)(H,45,53)(H2,46,47,48,49,50). The van der Waals surface area contributed by atoms with E-state index < -0.39 is 47.5 Å². The Kier molecular flexibility index (Phi) is 11.5. The minimum atomic E-state index is -4.61. The Labute approximate surface area is 322 Å². The second-order valence-electron chi connectivity index (χ2n) is 13.5. The molecule has 5 aromatic rings. The van der Waals surface area contributed by atoms with E-state index in [1.807, 2.05) is 31.4 Å². The molecule has 0 radical (unpaired) electrons. The molecule has 1 aliphatic rings. The van der Waals surface area contributed by atoms with E-state index in [1.165, 1.54) is 11.3 Å². The highest BCUT2D eigenvalue weighted by molar-refractivity contribution is 7.07. The summed E-state index contributed by atoms with van der Waals surface area (Å²) in [5, 5.41) is 16.6. The van der Waals surface area contributed by atoms with Crippen molar-refractivity contribution in [3.8, 4) is 17.3 Å². The normalized spacial score (nSPS) is 13.3. The van der Waals surface area contributed by atoms with E-state index in [1.54, 1.807) is 66.2 Å². The minimum absolute atomic E-state index is 0.00947. The zero-order chi connectivity index (χ0) is 39.2. The molecule has 0 saturated heterocycles. The van der Waals surface area contributed by atoms with Crippen LogP contribution in [0.15, 0.2) is 83.7 Å². The number of nitrogens with zero attached hydrogens (tertiary/aromatic N) is 4. The van der Waals surface area contributed by atoms with Crippen molar-refractivity contribution in [2.24, 2.45) is 5.41 Å². The Bertz CT molecular complexity index is 2130. The molecule has 2 heterocycles. The van der Waals surface area contributed by atoms with Crippen LogP contribution in [0.25, 0.3) is 11.3 Å². The van der Waals surface area contributed by atoms with Crippen molar-refractivity contribution in [1.82, 2.24) is 30.6 Å². The maximum absolute atomic E-state index is 13.0. The van der Waals surface area contributed by atoms with Crippen LogP contribution < -0.4 is 31.3 Å². The van der Waals surface area contributed by atoms with Gasteiger partial charge in [-0.05, 0) is 72.4 Å². The van der Waals surface area contributed by atoms with Gasteiger partial charge in [-0.25, -0.2) is 4.98 Å². The molecule has 3 amide bonds. The van der Waals surface area contributed by atoms with E-state index in [9.17, 15) is 27.6 Å². The Morgan fingerprint density at radius 3 is 2.13 bits per heavy atom. The number of anilines is 4. The van der Waals surface area contributed by atoms with Crippen LogP contribution in [0.2, 0.25) is 5.02 Å². The van der Waals surface area contributed by atoms with Crippen LogP contribution in [0.4, 0.5) is 36.4 Å². The Morgan fingerprint density at radius 2 is 1.49 bits per heavy atom. The van der Waals surface area contributed by atoms with Crippen LogP contribution in [0.5, 0.6) is 6.01 Å². The smallest absolute Gasteiger partial charge is 0.422 e. The van der Waals surface area contributed by atoms with Gasteiger partial charge in [-0.2, -0.15) is 28.1 Å². The molecule has 0 spiro atoms. The second-order valence-corrected chi connectivity index (χ2v) is 14.7. The largest absolute Gasteiger partial charge is 0.454 e. The summed E-state index contributed by atoms with van der Waals surface area (Å²) in [5.41, 5.74) is 4.41. The third-order valence-electron chi connectivity index (χ3n) is 8.41. The van der Waals surface area contributed by atoms with Gasteiger partial charge >= 0.3 is 24.0 Å². The molecule has 18 heteroatoms. The predicted octanol–water partition coefficient (Wildman–Crippen LogP) is 6.95. The Hall–Kier alpha value is -5.81. The first kappa shape index (κ1) is 38.9. The monoisotopic (exact) mass is 793 g/mol. The summed E-state index contributed by atoms with van der Waals surface area (Å²) < 4.78 is 43.7. The first-order valence-electron chi connectivity index (χ1n) is 16.9. The second kappa shape index (κ2) is 16.3. The molecule has 1 saturated carbocycles. The fourth-order valence-electron chi connectivity index (χ4n) is 5.26. The maximum atomic E-state index is 13.0. The van der Waals surface area contributed by atoms with Gasteiger partial charge in [0.2, 0.25) is 11.9 Å². The number of aromatic nitrogens is 4. The fraction of sp³-hybridized carbons (Fsp3) is 0.270. The van der Waals surface area contributed by atoms with Crippen LogP contribution >= 0.6 is 22.9 Å².